The average Bonchev–Trinajstić information content (AvgIpc) is 3.84. The molecule has 11 atom stereocenters. The molecule has 9 heteroatoms. The summed E-state index contributed by atoms with van der Waals surface area (Å²) in [7, 11) is -3.63. The molecule has 59 heavy (non-hydrogen) atoms. The first-order valence-corrected chi connectivity index (χ1v) is 30.0. The lowest BCUT2D eigenvalue weighted by atomic mass is 9.58. The van der Waals surface area contributed by atoms with Crippen molar-refractivity contribution >= 4 is 44.1 Å². The minimum Gasteiger partial charge on any atom is -0.413 e. The number of hydrogen-bond acceptors (Lipinski definition) is 6. The van der Waals surface area contributed by atoms with Crippen molar-refractivity contribution in [3.63, 3.8) is 0 Å². The van der Waals surface area contributed by atoms with E-state index in [2.05, 4.69) is 110 Å². The molecule has 4 bridgehead atoms. The van der Waals surface area contributed by atoms with E-state index >= 15 is 0 Å². The SMILES string of the molecule is CC(C)(C)[Si](C)(C)O[C@H]1CC[C@@H]2[C@]1(C)CCC1=CC3=CC(=O)C=C[C@]34CC[C@@]12O4.CC(C)(C)[Si](C)(C)O[C@H]1CC[C@@H]2[C@]1(C)CCC1=CC3=CC(=O)[C@H](Br)C[C@]34CC[C@@]12O4. The standard InChI is InChI=1S/C25H37BrO3Si.C25H36O3Si/c1-22(2,3)30(5,6)28-21-8-7-20-23(21,4)10-9-16-13-17-14-19(27)18(26)15-24(17)11-12-25(16,20)29-24;1-22(2,3)29(5,6)27-21-8-7-20-23(21,4)11-9-17-15-18-16-19(26)10-12-24(18)13-14-25(17,20)28-24/h13-14,18,20-21H,7-12,15H2,1-6H3;10,12,15-16,20-21H,7-9,11,13-14H2,1-6H3/t18-,20-,21+,23+,24-,25-;20-,21+,23+,24+,25-/m11/s1. The van der Waals surface area contributed by atoms with Crippen LogP contribution in [-0.2, 0) is 27.9 Å². The molecule has 324 valence electrons. The van der Waals surface area contributed by atoms with E-state index in [-0.39, 0.29) is 59.7 Å². The van der Waals surface area contributed by atoms with Gasteiger partial charge in [0.2, 0.25) is 0 Å². The fraction of sp³-hybridized carbons (Fsp3) is 0.760. The maximum atomic E-state index is 12.3. The molecule has 4 saturated carbocycles. The van der Waals surface area contributed by atoms with Gasteiger partial charge in [-0.2, -0.15) is 0 Å². The van der Waals surface area contributed by atoms with Gasteiger partial charge in [-0.3, -0.25) is 9.59 Å². The number of alkyl halides is 1. The van der Waals surface area contributed by atoms with E-state index in [1.807, 2.05) is 12.2 Å². The number of carbonyl (C=O) groups excluding carboxylic acids is 2. The van der Waals surface area contributed by atoms with E-state index in [0.29, 0.717) is 24.0 Å². The average molecular weight is 906 g/mol. The van der Waals surface area contributed by atoms with Crippen molar-refractivity contribution in [2.75, 3.05) is 0 Å². The normalized spacial score (nSPS) is 44.5. The quantitative estimate of drug-likeness (QED) is 0.207. The van der Waals surface area contributed by atoms with E-state index in [4.69, 9.17) is 18.3 Å². The Bertz CT molecular complexity index is 2000. The molecular weight excluding hydrogens is 833 g/mol. The number of fused-ring (bicyclic) bond motifs is 2. The Labute approximate surface area is 366 Å². The number of ketones is 2. The second-order valence-corrected chi connectivity index (χ2v) is 34.8. The molecule has 0 N–H and O–H groups in total. The maximum Gasteiger partial charge on any atom is 0.192 e. The van der Waals surface area contributed by atoms with Gasteiger partial charge in [-0.1, -0.05) is 83.5 Å². The molecule has 4 spiro atoms. The monoisotopic (exact) mass is 904 g/mol. The van der Waals surface area contributed by atoms with Crippen LogP contribution in [0.3, 0.4) is 0 Å². The Morgan fingerprint density at radius 2 is 1.17 bits per heavy atom. The highest BCUT2D eigenvalue weighted by Gasteiger charge is 2.69. The second-order valence-electron chi connectivity index (χ2n) is 24.2. The predicted molar refractivity (Wildman–Crippen MR) is 245 cm³/mol. The van der Waals surface area contributed by atoms with Crippen molar-refractivity contribution in [2.45, 2.75) is 215 Å². The van der Waals surface area contributed by atoms with E-state index < -0.39 is 16.6 Å². The molecule has 10 rings (SSSR count). The number of ether oxygens (including phenoxy) is 2. The predicted octanol–water partition coefficient (Wildman–Crippen LogP) is 12.4. The maximum absolute atomic E-state index is 12.3. The summed E-state index contributed by atoms with van der Waals surface area (Å²) in [4.78, 5) is 24.2. The number of hydrogen-bond donors (Lipinski definition) is 0. The lowest BCUT2D eigenvalue weighted by Gasteiger charge is -2.55. The molecule has 6 aliphatic carbocycles. The first-order chi connectivity index (χ1) is 27.3. The van der Waals surface area contributed by atoms with Crippen LogP contribution >= 0.6 is 15.9 Å². The van der Waals surface area contributed by atoms with Crippen molar-refractivity contribution in [3.05, 3.63) is 58.7 Å². The Morgan fingerprint density at radius 1 is 0.661 bits per heavy atom. The minimum absolute atomic E-state index is 0.0924. The summed E-state index contributed by atoms with van der Waals surface area (Å²) in [5.41, 5.74) is 4.56. The largest absolute Gasteiger partial charge is 0.413 e. The fourth-order valence-corrected chi connectivity index (χ4v) is 17.2. The summed E-state index contributed by atoms with van der Waals surface area (Å²) < 4.78 is 28.3. The van der Waals surface area contributed by atoms with Crippen molar-refractivity contribution in [1.82, 2.24) is 0 Å². The number of rotatable bonds is 4. The zero-order valence-corrected chi connectivity index (χ0v) is 42.0. The van der Waals surface area contributed by atoms with Crippen molar-refractivity contribution in [1.29, 1.82) is 0 Å². The molecule has 0 radical (unpaired) electrons. The van der Waals surface area contributed by atoms with Crippen LogP contribution in [0.2, 0.25) is 36.3 Å². The van der Waals surface area contributed by atoms with Gasteiger partial charge in [-0.25, -0.2) is 0 Å². The summed E-state index contributed by atoms with van der Waals surface area (Å²) in [6, 6.07) is 0. The molecule has 0 aromatic carbocycles. The molecule has 0 aromatic rings. The van der Waals surface area contributed by atoms with Crippen LogP contribution in [0.15, 0.2) is 58.7 Å². The summed E-state index contributed by atoms with van der Waals surface area (Å²) in [6.45, 7) is 28.6. The van der Waals surface area contributed by atoms with Crippen molar-refractivity contribution in [2.24, 2.45) is 22.7 Å². The van der Waals surface area contributed by atoms with E-state index in [1.54, 1.807) is 12.2 Å². The number of allylic oxidation sites excluding steroid dienone is 3. The van der Waals surface area contributed by atoms with Crippen molar-refractivity contribution in [3.8, 4) is 0 Å². The first kappa shape index (κ1) is 43.1. The third-order valence-electron chi connectivity index (χ3n) is 19.2. The minimum atomic E-state index is -1.82. The molecule has 0 aromatic heterocycles. The summed E-state index contributed by atoms with van der Waals surface area (Å²) in [6.07, 6.45) is 26.9. The number of carbonyl (C=O) groups is 2. The van der Waals surface area contributed by atoms with Gasteiger partial charge in [-0.05, 0) is 183 Å². The third-order valence-corrected chi connectivity index (χ3v) is 28.9. The van der Waals surface area contributed by atoms with Gasteiger partial charge < -0.3 is 18.3 Å². The van der Waals surface area contributed by atoms with E-state index in [0.717, 1.165) is 75.4 Å². The van der Waals surface area contributed by atoms with Gasteiger partial charge in [0.25, 0.3) is 0 Å². The van der Waals surface area contributed by atoms with E-state index in [1.165, 1.54) is 30.4 Å². The zero-order valence-electron chi connectivity index (χ0n) is 38.4. The Morgan fingerprint density at radius 3 is 1.71 bits per heavy atom. The second kappa shape index (κ2) is 13.4. The van der Waals surface area contributed by atoms with Gasteiger partial charge in [0.05, 0.1) is 33.8 Å². The lowest BCUT2D eigenvalue weighted by molar-refractivity contribution is -0.150. The van der Waals surface area contributed by atoms with Crippen LogP contribution in [0.1, 0.15) is 139 Å². The highest BCUT2D eigenvalue weighted by molar-refractivity contribution is 9.10. The van der Waals surface area contributed by atoms with Crippen LogP contribution in [0, 0.1) is 22.7 Å². The molecule has 4 aliphatic heterocycles. The zero-order chi connectivity index (χ0) is 42.6. The summed E-state index contributed by atoms with van der Waals surface area (Å²) in [5, 5.41) is 0.467. The van der Waals surface area contributed by atoms with Gasteiger partial charge in [0.1, 0.15) is 5.60 Å². The highest BCUT2D eigenvalue weighted by Crippen LogP contribution is 2.69. The fourth-order valence-electron chi connectivity index (χ4n) is 13.6. The molecule has 6 nitrogen and oxygen atoms in total. The number of halogens is 1. The third kappa shape index (κ3) is 6.20. The molecule has 6 fully saturated rings. The smallest absolute Gasteiger partial charge is 0.192 e. The Hall–Kier alpha value is -1.21. The molecule has 4 heterocycles. The Kier molecular flexibility index (Phi) is 9.79. The van der Waals surface area contributed by atoms with Gasteiger partial charge >= 0.3 is 0 Å². The van der Waals surface area contributed by atoms with Crippen LogP contribution in [-0.4, -0.2) is 67.6 Å². The van der Waals surface area contributed by atoms with Crippen LogP contribution in [0.5, 0.6) is 0 Å². The lowest BCUT2D eigenvalue weighted by Crippen LogP contribution is -2.57. The highest BCUT2D eigenvalue weighted by atomic mass is 79.9. The van der Waals surface area contributed by atoms with Crippen LogP contribution < -0.4 is 0 Å². The molecule has 0 amide bonds. The van der Waals surface area contributed by atoms with Gasteiger partial charge in [0.15, 0.2) is 28.2 Å². The van der Waals surface area contributed by atoms with E-state index in [9.17, 15) is 9.59 Å². The van der Waals surface area contributed by atoms with Crippen LogP contribution in [0.4, 0.5) is 0 Å². The Balaban J connectivity index is 0.000000152. The van der Waals surface area contributed by atoms with Crippen LogP contribution in [0.25, 0.3) is 0 Å². The molecule has 10 aliphatic rings. The molecular formula is C50H73BrO6Si2. The van der Waals surface area contributed by atoms with Gasteiger partial charge in [0, 0.05) is 6.42 Å². The van der Waals surface area contributed by atoms with Crippen molar-refractivity contribution < 1.29 is 27.9 Å². The van der Waals surface area contributed by atoms with Gasteiger partial charge in [-0.15, -0.1) is 0 Å². The first-order valence-electron chi connectivity index (χ1n) is 23.3. The topological polar surface area (TPSA) is 71.1 Å². The summed E-state index contributed by atoms with van der Waals surface area (Å²) >= 11 is 3.61. The molecule has 2 saturated heterocycles. The molecule has 0 unspecified atom stereocenters. The summed E-state index contributed by atoms with van der Waals surface area (Å²) in [5.74, 6) is 1.32.